The fraction of sp³-hybridized carbons (Fsp3) is 1.00. The molecule has 1 saturated carbocycles. The van der Waals surface area contributed by atoms with Gasteiger partial charge in [0.15, 0.2) is 0 Å². The van der Waals surface area contributed by atoms with E-state index in [4.69, 9.17) is 29.8 Å². The molecule has 6 heteroatoms. The summed E-state index contributed by atoms with van der Waals surface area (Å²) in [7, 11) is 0. The van der Waals surface area contributed by atoms with Crippen molar-refractivity contribution in [3.05, 3.63) is 0 Å². The van der Waals surface area contributed by atoms with E-state index in [0.717, 1.165) is 0 Å². The highest BCUT2D eigenvalue weighted by Gasteiger charge is 2.55. The van der Waals surface area contributed by atoms with Gasteiger partial charge >= 0.3 is 0 Å². The first-order valence-electron chi connectivity index (χ1n) is 6.07. The fourth-order valence-corrected chi connectivity index (χ4v) is 2.51. The van der Waals surface area contributed by atoms with E-state index < -0.39 is 5.97 Å². The summed E-state index contributed by atoms with van der Waals surface area (Å²) < 4.78 is 22.4. The summed E-state index contributed by atoms with van der Waals surface area (Å²) in [6.07, 6.45) is 0.130. The Labute approximate surface area is 101 Å². The molecule has 6 nitrogen and oxygen atoms in total. The maximum Gasteiger partial charge on any atom is 0.280 e. The second kappa shape index (κ2) is 5.17. The highest BCUT2D eigenvalue weighted by molar-refractivity contribution is 5.00. The Hall–Kier alpha value is -0.240. The van der Waals surface area contributed by atoms with Crippen molar-refractivity contribution < 1.29 is 24.1 Å². The topological polar surface area (TPSA) is 83.2 Å². The molecular formula is C11H21NO5. The van der Waals surface area contributed by atoms with Crippen LogP contribution < -0.4 is 5.73 Å². The van der Waals surface area contributed by atoms with Gasteiger partial charge in [-0.25, -0.2) is 0 Å². The van der Waals surface area contributed by atoms with Gasteiger partial charge in [-0.15, -0.1) is 0 Å². The largest absolute Gasteiger partial charge is 0.394 e. The van der Waals surface area contributed by atoms with E-state index in [1.54, 1.807) is 6.92 Å². The summed E-state index contributed by atoms with van der Waals surface area (Å²) in [5, 5.41) is 8.77. The Bertz CT molecular complexity index is 264. The predicted molar refractivity (Wildman–Crippen MR) is 59.2 cm³/mol. The standard InChI is InChI=1S/C11H21NO5/c1-3-15-11(2)16-9-7(12)6-8(10(9)17-11)14-5-4-13/h7-10,13H,3-6,12H2,1-2H3/t7-,8+,9+,10-,11?/m1/s1. The summed E-state index contributed by atoms with van der Waals surface area (Å²) in [5.74, 6) is -1.02. The van der Waals surface area contributed by atoms with Crippen molar-refractivity contribution in [1.29, 1.82) is 0 Å². The van der Waals surface area contributed by atoms with Crippen LogP contribution in [0.5, 0.6) is 0 Å². The molecule has 0 bridgehead atoms. The molecule has 1 saturated heterocycles. The Kier molecular flexibility index (Phi) is 4.02. The summed E-state index contributed by atoms with van der Waals surface area (Å²) in [6.45, 7) is 4.41. The van der Waals surface area contributed by atoms with Crippen molar-refractivity contribution in [2.24, 2.45) is 5.73 Å². The number of rotatable bonds is 5. The van der Waals surface area contributed by atoms with Crippen molar-refractivity contribution in [3.63, 3.8) is 0 Å². The average molecular weight is 247 g/mol. The van der Waals surface area contributed by atoms with E-state index in [-0.39, 0.29) is 37.6 Å². The van der Waals surface area contributed by atoms with Crippen LogP contribution >= 0.6 is 0 Å². The van der Waals surface area contributed by atoms with Crippen LogP contribution in [0.4, 0.5) is 0 Å². The lowest BCUT2D eigenvalue weighted by Gasteiger charge is -2.25. The molecule has 0 aromatic carbocycles. The molecule has 5 atom stereocenters. The maximum atomic E-state index is 8.77. The predicted octanol–water partition coefficient (Wildman–Crippen LogP) is -0.411. The Morgan fingerprint density at radius 2 is 2.12 bits per heavy atom. The molecule has 100 valence electrons. The fourth-order valence-electron chi connectivity index (χ4n) is 2.51. The average Bonchev–Trinajstić information content (AvgIpc) is 2.74. The van der Waals surface area contributed by atoms with Gasteiger partial charge in [0, 0.05) is 19.6 Å². The molecule has 1 unspecified atom stereocenters. The molecule has 1 aliphatic carbocycles. The number of hydrogen-bond acceptors (Lipinski definition) is 6. The number of aliphatic hydroxyl groups excluding tert-OH is 1. The third-order valence-electron chi connectivity index (χ3n) is 3.15. The van der Waals surface area contributed by atoms with Crippen LogP contribution in [0.1, 0.15) is 20.3 Å². The molecule has 2 aliphatic rings. The minimum atomic E-state index is -1.02. The molecule has 1 aliphatic heterocycles. The zero-order valence-corrected chi connectivity index (χ0v) is 10.3. The van der Waals surface area contributed by atoms with E-state index in [0.29, 0.717) is 13.0 Å². The van der Waals surface area contributed by atoms with Crippen molar-refractivity contribution in [3.8, 4) is 0 Å². The smallest absolute Gasteiger partial charge is 0.280 e. The van der Waals surface area contributed by atoms with Crippen LogP contribution in [0, 0.1) is 0 Å². The van der Waals surface area contributed by atoms with Crippen molar-refractivity contribution in [2.45, 2.75) is 50.6 Å². The third kappa shape index (κ3) is 2.62. The van der Waals surface area contributed by atoms with Crippen LogP contribution in [0.3, 0.4) is 0 Å². The SMILES string of the molecule is CCOC1(C)O[C@@H]2[C@H](O1)[C@@H](OCCO)C[C@H]2N. The lowest BCUT2D eigenvalue weighted by molar-refractivity contribution is -0.334. The molecule has 2 rings (SSSR count). The van der Waals surface area contributed by atoms with Crippen LogP contribution in [0.2, 0.25) is 0 Å². The summed E-state index contributed by atoms with van der Waals surface area (Å²) in [5.41, 5.74) is 6.00. The first-order chi connectivity index (χ1) is 8.09. The van der Waals surface area contributed by atoms with Gasteiger partial charge in [0.2, 0.25) is 0 Å². The van der Waals surface area contributed by atoms with Gasteiger partial charge in [-0.05, 0) is 13.3 Å². The van der Waals surface area contributed by atoms with Gasteiger partial charge in [-0.3, -0.25) is 0 Å². The van der Waals surface area contributed by atoms with E-state index in [2.05, 4.69) is 0 Å². The van der Waals surface area contributed by atoms with E-state index in [1.165, 1.54) is 0 Å². The normalized spacial score (nSPS) is 45.2. The quantitative estimate of drug-likeness (QED) is 0.687. The number of nitrogens with two attached hydrogens (primary N) is 1. The highest BCUT2D eigenvalue weighted by atomic mass is 16.9. The van der Waals surface area contributed by atoms with Gasteiger partial charge in [0.1, 0.15) is 12.2 Å². The van der Waals surface area contributed by atoms with E-state index in [1.807, 2.05) is 6.92 Å². The zero-order chi connectivity index (χ0) is 12.5. The first-order valence-corrected chi connectivity index (χ1v) is 6.07. The minimum Gasteiger partial charge on any atom is -0.394 e. The molecule has 0 spiro atoms. The molecule has 0 aromatic heterocycles. The molecule has 1 heterocycles. The Morgan fingerprint density at radius 3 is 2.76 bits per heavy atom. The molecule has 17 heavy (non-hydrogen) atoms. The third-order valence-corrected chi connectivity index (χ3v) is 3.15. The molecule has 0 amide bonds. The Morgan fingerprint density at radius 1 is 1.41 bits per heavy atom. The molecular weight excluding hydrogens is 226 g/mol. The zero-order valence-electron chi connectivity index (χ0n) is 10.3. The second-order valence-electron chi connectivity index (χ2n) is 4.49. The van der Waals surface area contributed by atoms with Gasteiger partial charge in [-0.2, -0.15) is 0 Å². The van der Waals surface area contributed by atoms with Crippen molar-refractivity contribution >= 4 is 0 Å². The summed E-state index contributed by atoms with van der Waals surface area (Å²) in [4.78, 5) is 0. The molecule has 2 fully saturated rings. The minimum absolute atomic E-state index is 0.00723. The second-order valence-corrected chi connectivity index (χ2v) is 4.49. The monoisotopic (exact) mass is 247 g/mol. The van der Waals surface area contributed by atoms with Crippen LogP contribution in [-0.4, -0.2) is 55.3 Å². The van der Waals surface area contributed by atoms with Crippen molar-refractivity contribution in [1.82, 2.24) is 0 Å². The van der Waals surface area contributed by atoms with Gasteiger partial charge < -0.3 is 29.8 Å². The molecule has 0 radical (unpaired) electrons. The number of hydrogen-bond donors (Lipinski definition) is 2. The lowest BCUT2D eigenvalue weighted by Crippen LogP contribution is -2.37. The molecule has 0 aromatic rings. The maximum absolute atomic E-state index is 8.77. The first kappa shape index (κ1) is 13.2. The van der Waals surface area contributed by atoms with Gasteiger partial charge in [0.25, 0.3) is 5.97 Å². The van der Waals surface area contributed by atoms with E-state index >= 15 is 0 Å². The number of fused-ring (bicyclic) bond motifs is 1. The van der Waals surface area contributed by atoms with Crippen LogP contribution in [0.25, 0.3) is 0 Å². The van der Waals surface area contributed by atoms with E-state index in [9.17, 15) is 0 Å². The van der Waals surface area contributed by atoms with Crippen LogP contribution in [-0.2, 0) is 18.9 Å². The molecule has 3 N–H and O–H groups in total. The Balaban J connectivity index is 1.99. The summed E-state index contributed by atoms with van der Waals surface area (Å²) >= 11 is 0. The number of aliphatic hydroxyl groups is 1. The summed E-state index contributed by atoms with van der Waals surface area (Å²) in [6, 6.07) is -0.119. The van der Waals surface area contributed by atoms with Gasteiger partial charge in [-0.1, -0.05) is 0 Å². The highest BCUT2D eigenvalue weighted by Crippen LogP contribution is 2.39. The number of ether oxygens (including phenoxy) is 4. The lowest BCUT2D eigenvalue weighted by atomic mass is 10.2. The van der Waals surface area contributed by atoms with Gasteiger partial charge in [0.05, 0.1) is 19.3 Å². The van der Waals surface area contributed by atoms with Crippen LogP contribution in [0.15, 0.2) is 0 Å². The van der Waals surface area contributed by atoms with Crippen molar-refractivity contribution in [2.75, 3.05) is 19.8 Å².